The molecule has 0 unspecified atom stereocenters. The number of nitrogens with one attached hydrogen (secondary N) is 1. The minimum atomic E-state index is -1.04. The van der Waals surface area contributed by atoms with Crippen LogP contribution in [0.2, 0.25) is 5.02 Å². The monoisotopic (exact) mass is 395 g/mol. The molecule has 28 heavy (non-hydrogen) atoms. The van der Waals surface area contributed by atoms with Crippen molar-refractivity contribution in [1.82, 2.24) is 9.97 Å². The van der Waals surface area contributed by atoms with Crippen LogP contribution in [0.4, 0.5) is 5.95 Å². The lowest BCUT2D eigenvalue weighted by atomic mass is 9.95. The summed E-state index contributed by atoms with van der Waals surface area (Å²) in [4.78, 5) is 32.3. The number of benzene rings is 2. The molecule has 3 rings (SSSR count). The molecule has 142 valence electrons. The number of aliphatic carboxylic acids is 1. The third-order valence-electron chi connectivity index (χ3n) is 4.16. The van der Waals surface area contributed by atoms with E-state index in [-0.39, 0.29) is 12.4 Å². The van der Waals surface area contributed by atoms with Crippen molar-refractivity contribution >= 4 is 29.4 Å². The SMILES string of the molecule is O=C(O)C[C@@H](Cc1ccccc1)C(=O)Nc1nccc(-c2ccccc2Cl)n1. The predicted molar refractivity (Wildman–Crippen MR) is 107 cm³/mol. The van der Waals surface area contributed by atoms with Crippen molar-refractivity contribution in [2.24, 2.45) is 5.92 Å². The van der Waals surface area contributed by atoms with Gasteiger partial charge in [-0.1, -0.05) is 60.1 Å². The summed E-state index contributed by atoms with van der Waals surface area (Å²) in [6.07, 6.45) is 1.54. The number of rotatable bonds is 7. The highest BCUT2D eigenvalue weighted by molar-refractivity contribution is 6.33. The summed E-state index contributed by atoms with van der Waals surface area (Å²) in [5.41, 5.74) is 2.16. The first-order valence-electron chi connectivity index (χ1n) is 8.67. The lowest BCUT2D eigenvalue weighted by Crippen LogP contribution is -2.27. The van der Waals surface area contributed by atoms with Gasteiger partial charge in [-0.15, -0.1) is 0 Å². The average molecular weight is 396 g/mol. The van der Waals surface area contributed by atoms with Crippen molar-refractivity contribution in [1.29, 1.82) is 0 Å². The largest absolute Gasteiger partial charge is 0.481 e. The summed E-state index contributed by atoms with van der Waals surface area (Å²) in [7, 11) is 0. The van der Waals surface area contributed by atoms with Crippen molar-refractivity contribution in [2.45, 2.75) is 12.8 Å². The van der Waals surface area contributed by atoms with E-state index in [1.807, 2.05) is 48.5 Å². The fraction of sp³-hybridized carbons (Fsp3) is 0.143. The van der Waals surface area contributed by atoms with E-state index in [4.69, 9.17) is 11.6 Å². The second kappa shape index (κ2) is 9.10. The third kappa shape index (κ3) is 5.14. The second-order valence-corrected chi connectivity index (χ2v) is 6.63. The number of nitrogens with zero attached hydrogens (tertiary/aromatic N) is 2. The number of hydrogen-bond donors (Lipinski definition) is 2. The molecule has 1 heterocycles. The van der Waals surface area contributed by atoms with Gasteiger partial charge in [-0.3, -0.25) is 14.9 Å². The number of carboxylic acid groups (broad SMARTS) is 1. The summed E-state index contributed by atoms with van der Waals surface area (Å²) in [6, 6.07) is 18.2. The zero-order chi connectivity index (χ0) is 19.9. The number of halogens is 1. The van der Waals surface area contributed by atoms with E-state index in [1.165, 1.54) is 6.20 Å². The number of amides is 1. The van der Waals surface area contributed by atoms with E-state index in [0.717, 1.165) is 5.56 Å². The normalized spacial score (nSPS) is 11.6. The summed E-state index contributed by atoms with van der Waals surface area (Å²) < 4.78 is 0. The topological polar surface area (TPSA) is 92.2 Å². The van der Waals surface area contributed by atoms with Crippen molar-refractivity contribution < 1.29 is 14.7 Å². The molecule has 0 fully saturated rings. The number of carbonyl (C=O) groups excluding carboxylic acids is 1. The average Bonchev–Trinajstić information content (AvgIpc) is 2.68. The summed E-state index contributed by atoms with van der Waals surface area (Å²) in [5.74, 6) is -2.12. The van der Waals surface area contributed by atoms with E-state index < -0.39 is 17.8 Å². The first-order chi connectivity index (χ1) is 13.5. The Balaban J connectivity index is 1.78. The van der Waals surface area contributed by atoms with Gasteiger partial charge in [0, 0.05) is 16.8 Å². The van der Waals surface area contributed by atoms with Crippen LogP contribution in [-0.4, -0.2) is 27.0 Å². The molecule has 1 amide bonds. The second-order valence-electron chi connectivity index (χ2n) is 6.22. The molecule has 0 saturated heterocycles. The minimum absolute atomic E-state index is 0.103. The fourth-order valence-corrected chi connectivity index (χ4v) is 3.05. The van der Waals surface area contributed by atoms with Gasteiger partial charge < -0.3 is 5.11 Å². The van der Waals surface area contributed by atoms with Gasteiger partial charge in [-0.05, 0) is 24.1 Å². The third-order valence-corrected chi connectivity index (χ3v) is 4.49. The first kappa shape index (κ1) is 19.5. The molecule has 0 aliphatic rings. The van der Waals surface area contributed by atoms with E-state index in [1.54, 1.807) is 12.1 Å². The van der Waals surface area contributed by atoms with Gasteiger partial charge in [-0.2, -0.15) is 0 Å². The van der Waals surface area contributed by atoms with Gasteiger partial charge in [0.2, 0.25) is 11.9 Å². The fourth-order valence-electron chi connectivity index (χ4n) is 2.82. The molecular formula is C21H18ClN3O3. The number of carboxylic acids is 1. The highest BCUT2D eigenvalue weighted by Gasteiger charge is 2.23. The van der Waals surface area contributed by atoms with Crippen LogP contribution in [0.5, 0.6) is 0 Å². The van der Waals surface area contributed by atoms with Gasteiger partial charge in [0.1, 0.15) is 0 Å². The maximum atomic E-state index is 12.7. The molecule has 0 bridgehead atoms. The van der Waals surface area contributed by atoms with Crippen LogP contribution in [0.1, 0.15) is 12.0 Å². The molecule has 0 saturated carbocycles. The molecule has 2 N–H and O–H groups in total. The number of aromatic nitrogens is 2. The smallest absolute Gasteiger partial charge is 0.304 e. The molecule has 0 aliphatic carbocycles. The van der Waals surface area contributed by atoms with Gasteiger partial charge in [0.15, 0.2) is 0 Å². The Morgan fingerprint density at radius 3 is 2.46 bits per heavy atom. The van der Waals surface area contributed by atoms with Crippen LogP contribution >= 0.6 is 11.6 Å². The van der Waals surface area contributed by atoms with Gasteiger partial charge in [0.25, 0.3) is 0 Å². The molecule has 0 spiro atoms. The number of carbonyl (C=O) groups is 2. The molecule has 1 atom stereocenters. The quantitative estimate of drug-likeness (QED) is 0.629. The molecule has 6 nitrogen and oxygen atoms in total. The van der Waals surface area contributed by atoms with E-state index in [9.17, 15) is 14.7 Å². The molecule has 7 heteroatoms. The van der Waals surface area contributed by atoms with E-state index >= 15 is 0 Å². The van der Waals surface area contributed by atoms with E-state index in [2.05, 4.69) is 15.3 Å². The summed E-state index contributed by atoms with van der Waals surface area (Å²) >= 11 is 6.20. The zero-order valence-electron chi connectivity index (χ0n) is 14.9. The maximum Gasteiger partial charge on any atom is 0.304 e. The highest BCUT2D eigenvalue weighted by Crippen LogP contribution is 2.26. The van der Waals surface area contributed by atoms with Crippen LogP contribution < -0.4 is 5.32 Å². The molecule has 0 aliphatic heterocycles. The van der Waals surface area contributed by atoms with Crippen molar-refractivity contribution in [3.05, 3.63) is 77.4 Å². The van der Waals surface area contributed by atoms with Crippen molar-refractivity contribution in [3.8, 4) is 11.3 Å². The first-order valence-corrected chi connectivity index (χ1v) is 9.05. The van der Waals surface area contributed by atoms with E-state index in [0.29, 0.717) is 22.7 Å². The zero-order valence-corrected chi connectivity index (χ0v) is 15.6. The lowest BCUT2D eigenvalue weighted by Gasteiger charge is -2.15. The Bertz CT molecular complexity index is 979. The lowest BCUT2D eigenvalue weighted by molar-refractivity contribution is -0.140. The minimum Gasteiger partial charge on any atom is -0.481 e. The molecule has 0 radical (unpaired) electrons. The number of hydrogen-bond acceptors (Lipinski definition) is 4. The molecule has 3 aromatic rings. The van der Waals surface area contributed by atoms with Crippen LogP contribution in [0.25, 0.3) is 11.3 Å². The van der Waals surface area contributed by atoms with Crippen LogP contribution in [-0.2, 0) is 16.0 Å². The Morgan fingerprint density at radius 1 is 1.04 bits per heavy atom. The predicted octanol–water partition coefficient (Wildman–Crippen LogP) is 4.07. The molecular weight excluding hydrogens is 378 g/mol. The molecule has 1 aromatic heterocycles. The Hall–Kier alpha value is -3.25. The maximum absolute atomic E-state index is 12.7. The number of anilines is 1. The van der Waals surface area contributed by atoms with Crippen LogP contribution in [0.3, 0.4) is 0 Å². The summed E-state index contributed by atoms with van der Waals surface area (Å²) in [5, 5.41) is 12.3. The highest BCUT2D eigenvalue weighted by atomic mass is 35.5. The van der Waals surface area contributed by atoms with Gasteiger partial charge in [-0.25, -0.2) is 9.97 Å². The Labute approximate surface area is 167 Å². The summed E-state index contributed by atoms with van der Waals surface area (Å²) in [6.45, 7) is 0. The Kier molecular flexibility index (Phi) is 6.34. The van der Waals surface area contributed by atoms with Crippen LogP contribution in [0.15, 0.2) is 66.9 Å². The van der Waals surface area contributed by atoms with Crippen LogP contribution in [0, 0.1) is 5.92 Å². The van der Waals surface area contributed by atoms with Gasteiger partial charge >= 0.3 is 5.97 Å². The standard InChI is InChI=1S/C21H18ClN3O3/c22-17-9-5-4-8-16(17)18-10-11-23-21(24-18)25-20(28)15(13-19(26)27)12-14-6-2-1-3-7-14/h1-11,15H,12-13H2,(H,26,27)(H,23,24,25,28)/t15-/m1/s1. The Morgan fingerprint density at radius 2 is 1.75 bits per heavy atom. The van der Waals surface area contributed by atoms with Crippen molar-refractivity contribution in [2.75, 3.05) is 5.32 Å². The van der Waals surface area contributed by atoms with Crippen molar-refractivity contribution in [3.63, 3.8) is 0 Å². The van der Waals surface area contributed by atoms with Gasteiger partial charge in [0.05, 0.1) is 18.0 Å². The molecule has 2 aromatic carbocycles.